The number of unbranched alkanes of at least 4 members (excludes halogenated alkanes) is 1. The smallest absolute Gasteiger partial charge is 0.239 e. The Kier molecular flexibility index (Phi) is 7.00. The van der Waals surface area contributed by atoms with Crippen LogP contribution in [0, 0.1) is 0 Å². The molecule has 0 spiro atoms. The second-order valence-electron chi connectivity index (χ2n) is 8.30. The number of aryl methyl sites for hydroxylation is 1. The van der Waals surface area contributed by atoms with Gasteiger partial charge in [-0.3, -0.25) is 4.79 Å². The van der Waals surface area contributed by atoms with Crippen LogP contribution >= 0.6 is 0 Å². The second kappa shape index (κ2) is 10.8. The summed E-state index contributed by atoms with van der Waals surface area (Å²) in [6, 6.07) is 24.1. The molecule has 0 aliphatic heterocycles. The average molecular weight is 484 g/mol. The van der Waals surface area contributed by atoms with Gasteiger partial charge >= 0.3 is 0 Å². The van der Waals surface area contributed by atoms with Crippen LogP contribution < -0.4 is 15.5 Å². The van der Waals surface area contributed by atoms with Crippen LogP contribution in [0.1, 0.15) is 30.2 Å². The lowest BCUT2D eigenvalue weighted by Gasteiger charge is -2.16. The molecule has 9 nitrogen and oxygen atoms in total. The molecule has 1 atom stereocenters. The van der Waals surface area contributed by atoms with Crippen molar-refractivity contribution in [1.29, 1.82) is 0 Å². The lowest BCUT2D eigenvalue weighted by atomic mass is 10.1. The molecule has 0 fully saturated rings. The molecule has 3 aromatic carbocycles. The molecule has 3 N–H and O–H groups in total. The fourth-order valence-electron chi connectivity index (χ4n) is 3.91. The number of ether oxygens (including phenoxy) is 1. The predicted molar refractivity (Wildman–Crippen MR) is 136 cm³/mol. The van der Waals surface area contributed by atoms with E-state index in [1.807, 2.05) is 18.2 Å². The van der Waals surface area contributed by atoms with Gasteiger partial charge in [0.15, 0.2) is 23.0 Å². The van der Waals surface area contributed by atoms with E-state index in [0.717, 1.165) is 25.0 Å². The molecule has 0 bridgehead atoms. The van der Waals surface area contributed by atoms with E-state index >= 15 is 0 Å². The van der Waals surface area contributed by atoms with Crippen molar-refractivity contribution >= 4 is 16.7 Å². The minimum absolute atomic E-state index is 0.167. The number of para-hydroxylation sites is 1. The zero-order valence-corrected chi connectivity index (χ0v) is 19.4. The Balaban J connectivity index is 1.21. The number of aliphatic hydroxyl groups is 1. The molecule has 5 rings (SSSR count). The molecule has 0 saturated carbocycles. The van der Waals surface area contributed by atoms with Gasteiger partial charge in [-0.05, 0) is 54.3 Å². The van der Waals surface area contributed by atoms with Crippen LogP contribution in [-0.4, -0.2) is 32.3 Å². The number of aliphatic hydroxyl groups excluding tert-OH is 1. The quantitative estimate of drug-likeness (QED) is 0.196. The number of aromatic amines is 1. The van der Waals surface area contributed by atoms with Gasteiger partial charge in [-0.1, -0.05) is 48.5 Å². The molecule has 0 aliphatic rings. The van der Waals surface area contributed by atoms with Crippen LogP contribution in [0.2, 0.25) is 0 Å². The predicted octanol–water partition coefficient (Wildman–Crippen LogP) is 4.48. The molecular weight excluding hydrogens is 458 g/mol. The Labute approximate surface area is 206 Å². The van der Waals surface area contributed by atoms with Crippen LogP contribution in [0.5, 0.6) is 5.75 Å². The van der Waals surface area contributed by atoms with E-state index in [4.69, 9.17) is 9.15 Å². The van der Waals surface area contributed by atoms with Gasteiger partial charge in [0.25, 0.3) is 0 Å². The number of hydrogen-bond donors (Lipinski definition) is 3. The molecule has 0 radical (unpaired) electrons. The summed E-state index contributed by atoms with van der Waals surface area (Å²) >= 11 is 0. The summed E-state index contributed by atoms with van der Waals surface area (Å²) in [5.74, 6) is 1.09. The maximum Gasteiger partial charge on any atom is 0.239 e. The van der Waals surface area contributed by atoms with Crippen LogP contribution in [0.4, 0.5) is 5.69 Å². The first-order valence-electron chi connectivity index (χ1n) is 11.7. The van der Waals surface area contributed by atoms with E-state index in [1.54, 1.807) is 30.3 Å². The number of rotatable bonds is 10. The van der Waals surface area contributed by atoms with Gasteiger partial charge in [0.05, 0.1) is 17.7 Å². The van der Waals surface area contributed by atoms with Crippen LogP contribution in [0.3, 0.4) is 0 Å². The van der Waals surface area contributed by atoms with Crippen molar-refractivity contribution in [3.8, 4) is 17.3 Å². The molecule has 9 heteroatoms. The summed E-state index contributed by atoms with van der Waals surface area (Å²) in [6.07, 6.45) is 2.01. The molecule has 182 valence electrons. The van der Waals surface area contributed by atoms with Crippen molar-refractivity contribution in [2.45, 2.75) is 25.5 Å². The highest BCUT2D eigenvalue weighted by Gasteiger charge is 2.15. The number of nitrogens with one attached hydrogen (secondary N) is 2. The van der Waals surface area contributed by atoms with Crippen molar-refractivity contribution in [3.05, 3.63) is 100 Å². The lowest BCUT2D eigenvalue weighted by molar-refractivity contribution is 0.208. The number of tetrazole rings is 1. The molecule has 1 unspecified atom stereocenters. The Morgan fingerprint density at radius 2 is 1.83 bits per heavy atom. The first kappa shape index (κ1) is 23.3. The molecule has 2 aromatic heterocycles. The molecular formula is C27H25N5O4. The summed E-state index contributed by atoms with van der Waals surface area (Å²) in [6.45, 7) is 0.630. The van der Waals surface area contributed by atoms with Gasteiger partial charge in [-0.2, -0.15) is 5.21 Å². The Morgan fingerprint density at radius 1 is 1.00 bits per heavy atom. The number of fused-ring (bicyclic) bond motifs is 1. The minimum Gasteiger partial charge on any atom is -0.494 e. The molecule has 0 aliphatic carbocycles. The fraction of sp³-hybridized carbons (Fsp3) is 0.185. The molecule has 0 amide bonds. The number of anilines is 1. The van der Waals surface area contributed by atoms with Crippen molar-refractivity contribution in [2.24, 2.45) is 0 Å². The largest absolute Gasteiger partial charge is 0.494 e. The number of nitrogens with zero attached hydrogens (tertiary/aromatic N) is 3. The average Bonchev–Trinajstić information content (AvgIpc) is 3.45. The topological polar surface area (TPSA) is 126 Å². The van der Waals surface area contributed by atoms with Gasteiger partial charge in [0.2, 0.25) is 5.82 Å². The van der Waals surface area contributed by atoms with Gasteiger partial charge in [0, 0.05) is 11.6 Å². The summed E-state index contributed by atoms with van der Waals surface area (Å²) in [5.41, 5.74) is 2.47. The number of hydrogen-bond acceptors (Lipinski definition) is 8. The maximum absolute atomic E-state index is 12.6. The first-order valence-corrected chi connectivity index (χ1v) is 11.7. The lowest BCUT2D eigenvalue weighted by Crippen LogP contribution is -2.11. The number of aromatic nitrogens is 4. The minimum atomic E-state index is -1.03. The summed E-state index contributed by atoms with van der Waals surface area (Å²) in [7, 11) is 0. The Morgan fingerprint density at radius 3 is 2.61 bits per heavy atom. The van der Waals surface area contributed by atoms with Crippen LogP contribution in [0.15, 0.2) is 88.1 Å². The van der Waals surface area contributed by atoms with Crippen LogP contribution in [-0.2, 0) is 6.42 Å². The molecule has 5 aromatic rings. The third kappa shape index (κ3) is 5.42. The van der Waals surface area contributed by atoms with E-state index in [2.05, 4.69) is 50.2 Å². The zero-order valence-electron chi connectivity index (χ0n) is 19.4. The highest BCUT2D eigenvalue weighted by molar-refractivity contribution is 5.89. The third-order valence-electron chi connectivity index (χ3n) is 5.78. The summed E-state index contributed by atoms with van der Waals surface area (Å²) in [5, 5.41) is 27.7. The van der Waals surface area contributed by atoms with E-state index < -0.39 is 6.23 Å². The number of H-pyrrole nitrogens is 1. The van der Waals surface area contributed by atoms with Gasteiger partial charge in [0.1, 0.15) is 5.75 Å². The second-order valence-corrected chi connectivity index (χ2v) is 8.30. The first-order chi connectivity index (χ1) is 17.7. The van der Waals surface area contributed by atoms with Gasteiger partial charge in [-0.15, -0.1) is 10.2 Å². The van der Waals surface area contributed by atoms with Crippen molar-refractivity contribution in [1.82, 2.24) is 20.6 Å². The molecule has 0 saturated heterocycles. The van der Waals surface area contributed by atoms with Gasteiger partial charge in [-0.25, -0.2) is 0 Å². The zero-order chi connectivity index (χ0) is 24.7. The van der Waals surface area contributed by atoms with Gasteiger partial charge < -0.3 is 19.6 Å². The number of benzene rings is 3. The van der Waals surface area contributed by atoms with E-state index in [0.29, 0.717) is 28.8 Å². The maximum atomic E-state index is 12.6. The normalized spacial score (nSPS) is 11.9. The van der Waals surface area contributed by atoms with E-state index in [-0.39, 0.29) is 17.0 Å². The monoisotopic (exact) mass is 483 g/mol. The van der Waals surface area contributed by atoms with Crippen molar-refractivity contribution in [2.75, 3.05) is 11.9 Å². The fourth-order valence-corrected chi connectivity index (χ4v) is 3.91. The molecule has 2 heterocycles. The Bertz CT molecular complexity index is 1470. The van der Waals surface area contributed by atoms with E-state index in [1.165, 1.54) is 11.6 Å². The van der Waals surface area contributed by atoms with Crippen molar-refractivity contribution in [3.63, 3.8) is 0 Å². The highest BCUT2D eigenvalue weighted by Crippen LogP contribution is 2.28. The summed E-state index contributed by atoms with van der Waals surface area (Å²) in [4.78, 5) is 12.6. The summed E-state index contributed by atoms with van der Waals surface area (Å²) < 4.78 is 11.7. The third-order valence-corrected chi connectivity index (χ3v) is 5.78. The highest BCUT2D eigenvalue weighted by atomic mass is 16.5. The SMILES string of the molecule is O=c1cc(-c2nn[nH]n2)oc2c(NC(O)c3ccc(OCCCCc4ccccc4)cc3)cccc12. The van der Waals surface area contributed by atoms with Crippen LogP contribution in [0.25, 0.3) is 22.6 Å². The van der Waals surface area contributed by atoms with Crippen molar-refractivity contribution < 1.29 is 14.3 Å². The standard InChI is InChI=1S/C27H25N5O4/c33-23-17-24(26-29-31-32-30-26)36-25-21(23)10-6-11-22(25)28-27(34)19-12-14-20(15-13-19)35-16-5-4-9-18-7-2-1-3-8-18/h1-3,6-8,10-15,17,27-28,34H,4-5,9,16H2,(H,29,30,31,32). The Hall–Kier alpha value is -4.50. The molecule has 36 heavy (non-hydrogen) atoms. The van der Waals surface area contributed by atoms with E-state index in [9.17, 15) is 9.90 Å².